The second kappa shape index (κ2) is 18.3. The predicted molar refractivity (Wildman–Crippen MR) is 260 cm³/mol. The van der Waals surface area contributed by atoms with Gasteiger partial charge in [0, 0.05) is 146 Å². The van der Waals surface area contributed by atoms with Gasteiger partial charge in [-0.15, -0.1) is 0 Å². The predicted octanol–water partition coefficient (Wildman–Crippen LogP) is 5.44. The Labute approximate surface area is 387 Å². The largest absolute Gasteiger partial charge is 0.378 e. The van der Waals surface area contributed by atoms with Crippen LogP contribution in [0.3, 0.4) is 0 Å². The summed E-state index contributed by atoms with van der Waals surface area (Å²) in [5.74, 6) is -1.18. The van der Waals surface area contributed by atoms with E-state index in [-0.39, 0.29) is 49.9 Å². The van der Waals surface area contributed by atoms with Gasteiger partial charge in [0.25, 0.3) is 23.6 Å². The molecule has 5 aromatic rings. The average molecular weight is 897 g/mol. The lowest BCUT2D eigenvalue weighted by Gasteiger charge is -2.36. The lowest BCUT2D eigenvalue weighted by molar-refractivity contribution is 0.0463. The molecule has 66 heavy (non-hydrogen) atoms. The van der Waals surface area contributed by atoms with Gasteiger partial charge in [-0.2, -0.15) is 0 Å². The maximum atomic E-state index is 14.8. The van der Waals surface area contributed by atoms with Crippen molar-refractivity contribution in [1.82, 2.24) is 29.4 Å². The number of piperazine rings is 2. The maximum Gasteiger partial charge on any atom is 0.261 e. The molecule has 4 saturated heterocycles. The summed E-state index contributed by atoms with van der Waals surface area (Å²) in [7, 11) is 4.29. The number of benzene rings is 5. The zero-order valence-corrected chi connectivity index (χ0v) is 38.9. The normalized spacial score (nSPS) is 20.8. The summed E-state index contributed by atoms with van der Waals surface area (Å²) in [5.41, 5.74) is 4.07. The van der Waals surface area contributed by atoms with Crippen molar-refractivity contribution in [3.8, 4) is 0 Å². The lowest BCUT2D eigenvalue weighted by Crippen LogP contribution is -2.45. The highest BCUT2D eigenvalue weighted by molar-refractivity contribution is 6.44. The molecule has 0 spiro atoms. The van der Waals surface area contributed by atoms with Crippen molar-refractivity contribution in [2.45, 2.75) is 38.5 Å². The number of nitrogens with zero attached hydrogens (tertiary/aromatic N) is 8. The molecule has 6 heterocycles. The molecule has 0 aromatic heterocycles. The van der Waals surface area contributed by atoms with E-state index >= 15 is 0 Å². The number of hydrogen-bond donors (Lipinski definition) is 0. The zero-order valence-electron chi connectivity index (χ0n) is 38.9. The first-order chi connectivity index (χ1) is 32.3. The van der Waals surface area contributed by atoms with Gasteiger partial charge in [0.05, 0.1) is 50.6 Å². The van der Waals surface area contributed by atoms with Gasteiger partial charge >= 0.3 is 0 Å². The Morgan fingerprint density at radius 1 is 0.394 bits per heavy atom. The minimum Gasteiger partial charge on any atom is -0.378 e. The molecule has 6 aliphatic rings. The number of carbonyl (C=O) groups is 4. The fourth-order valence-electron chi connectivity index (χ4n) is 11.7. The molecule has 0 unspecified atom stereocenters. The van der Waals surface area contributed by atoms with Crippen LogP contribution in [0.1, 0.15) is 80.0 Å². The molecule has 5 aromatic carbocycles. The van der Waals surface area contributed by atoms with Crippen molar-refractivity contribution in [1.29, 1.82) is 0 Å². The Hall–Kier alpha value is -4.96. The lowest BCUT2D eigenvalue weighted by atomic mass is 9.80. The number of likely N-dealkylation sites (N-methyl/N-ethyl adjacent to an activating group) is 2. The fourth-order valence-corrected chi connectivity index (χ4v) is 11.7. The van der Waals surface area contributed by atoms with E-state index in [1.54, 1.807) is 0 Å². The van der Waals surface area contributed by atoms with Crippen LogP contribution in [0, 0.1) is 0 Å². The number of ether oxygens (including phenoxy) is 2. The first kappa shape index (κ1) is 43.6. The third kappa shape index (κ3) is 7.67. The Balaban J connectivity index is 0.990. The highest BCUT2D eigenvalue weighted by atomic mass is 16.5. The third-order valence-electron chi connectivity index (χ3n) is 15.6. The summed E-state index contributed by atoms with van der Waals surface area (Å²) in [6.07, 6.45) is 6.44. The molecule has 0 atom stereocenters. The Kier molecular flexibility index (Phi) is 12.1. The van der Waals surface area contributed by atoms with Gasteiger partial charge in [-0.05, 0) is 87.7 Å². The van der Waals surface area contributed by atoms with Crippen LogP contribution in [0.4, 0.5) is 11.4 Å². The van der Waals surface area contributed by atoms with Crippen molar-refractivity contribution >= 4 is 78.1 Å². The molecule has 0 N–H and O–H groups in total. The molecule has 4 fully saturated rings. The molecule has 0 aliphatic carbocycles. The van der Waals surface area contributed by atoms with E-state index in [1.807, 2.05) is 24.3 Å². The van der Waals surface area contributed by atoms with Gasteiger partial charge in [0.1, 0.15) is 0 Å². The van der Waals surface area contributed by atoms with Gasteiger partial charge in [0.15, 0.2) is 0 Å². The van der Waals surface area contributed by atoms with Gasteiger partial charge in [-0.25, -0.2) is 0 Å². The first-order valence-corrected chi connectivity index (χ1v) is 24.7. The van der Waals surface area contributed by atoms with Gasteiger partial charge in [-0.3, -0.25) is 38.8 Å². The number of piperidine rings is 2. The average Bonchev–Trinajstić information content (AvgIpc) is 3.35. The second-order valence-corrected chi connectivity index (χ2v) is 19.6. The number of anilines is 2. The number of amides is 4. The molecule has 4 amide bonds. The number of fused-ring (bicyclic) bond motifs is 2. The molecule has 0 radical (unpaired) electrons. The summed E-state index contributed by atoms with van der Waals surface area (Å²) in [6, 6.07) is 12.0. The summed E-state index contributed by atoms with van der Waals surface area (Å²) < 4.78 is 12.2. The molecule has 0 bridgehead atoms. The highest BCUT2D eigenvalue weighted by Gasteiger charge is 2.39. The molecule has 348 valence electrons. The van der Waals surface area contributed by atoms with Crippen molar-refractivity contribution in [3.63, 3.8) is 0 Å². The standard InChI is InChI=1S/C52H64N8O6/c1-53-17-21-55(22-18-53)25-29-65-31-27-59-49(61)37-11-9-35-46-42(58-15-7-4-8-16-58)34-40-44-38(50(62)60(52(40)64)28-32-66-30-26-56-23-19-54(2)20-24-56)12-10-36(48(44)46)45-41(57-13-5-3-6-14-57)33-39(51(59)63)43(37)47(35)45/h9-12,33-34H,3-8,13-32H2,1-2H3. The van der Waals surface area contributed by atoms with E-state index in [4.69, 9.17) is 9.47 Å². The van der Waals surface area contributed by atoms with Crippen LogP contribution in [0.5, 0.6) is 0 Å². The Morgan fingerprint density at radius 3 is 1.15 bits per heavy atom. The van der Waals surface area contributed by atoms with E-state index in [1.165, 1.54) is 9.80 Å². The van der Waals surface area contributed by atoms with Crippen LogP contribution in [0.25, 0.3) is 43.1 Å². The maximum absolute atomic E-state index is 14.8. The highest BCUT2D eigenvalue weighted by Crippen LogP contribution is 2.52. The molecule has 6 aliphatic heterocycles. The van der Waals surface area contributed by atoms with Crippen LogP contribution in [-0.2, 0) is 9.47 Å². The van der Waals surface area contributed by atoms with Crippen LogP contribution in [-0.4, -0.2) is 198 Å². The second-order valence-electron chi connectivity index (χ2n) is 19.6. The van der Waals surface area contributed by atoms with E-state index in [2.05, 4.69) is 55.6 Å². The SMILES string of the molecule is CN1CCN(CCOCCN2C(=O)c3ccc4c5c(N6CCCCC6)cc6c7c(ccc(c8c(N9CCCCC9)cc(c3c48)C2=O)c75)C(=O)N(CCOCCN2CCN(C)CC2)C6=O)CC1. The minimum absolute atomic E-state index is 0.179. The molecule has 14 heteroatoms. The molecule has 11 rings (SSSR count). The summed E-state index contributed by atoms with van der Waals surface area (Å²) in [5, 5.41) is 7.05. The smallest absolute Gasteiger partial charge is 0.261 e. The number of carbonyl (C=O) groups excluding carboxylic acids is 4. The molecule has 0 saturated carbocycles. The third-order valence-corrected chi connectivity index (χ3v) is 15.6. The van der Waals surface area contributed by atoms with E-state index in [0.717, 1.165) is 174 Å². The van der Waals surface area contributed by atoms with Gasteiger partial charge in [0.2, 0.25) is 0 Å². The van der Waals surface area contributed by atoms with E-state index < -0.39 is 0 Å². The Morgan fingerprint density at radius 2 is 0.758 bits per heavy atom. The molecular formula is C52H64N8O6. The molecular weight excluding hydrogens is 833 g/mol. The van der Waals surface area contributed by atoms with Crippen LogP contribution < -0.4 is 9.80 Å². The van der Waals surface area contributed by atoms with Crippen molar-refractivity contribution in [3.05, 3.63) is 58.7 Å². The quantitative estimate of drug-likeness (QED) is 0.0613. The summed E-state index contributed by atoms with van der Waals surface area (Å²) >= 11 is 0. The van der Waals surface area contributed by atoms with Crippen molar-refractivity contribution < 1.29 is 28.7 Å². The number of rotatable bonds is 14. The number of imide groups is 2. The zero-order chi connectivity index (χ0) is 45.1. The number of hydrogen-bond acceptors (Lipinski definition) is 12. The summed E-state index contributed by atoms with van der Waals surface area (Å²) in [4.78, 5) is 75.9. The monoisotopic (exact) mass is 896 g/mol. The van der Waals surface area contributed by atoms with E-state index in [0.29, 0.717) is 46.2 Å². The van der Waals surface area contributed by atoms with Crippen LogP contribution in [0.15, 0.2) is 36.4 Å². The van der Waals surface area contributed by atoms with E-state index in [9.17, 15) is 19.2 Å². The van der Waals surface area contributed by atoms with Crippen LogP contribution in [0.2, 0.25) is 0 Å². The van der Waals surface area contributed by atoms with Gasteiger partial charge in [-0.1, -0.05) is 12.1 Å². The fraction of sp³-hybridized carbons (Fsp3) is 0.538. The van der Waals surface area contributed by atoms with Crippen LogP contribution >= 0.6 is 0 Å². The molecule has 14 nitrogen and oxygen atoms in total. The minimum atomic E-state index is -0.301. The van der Waals surface area contributed by atoms with Crippen molar-refractivity contribution in [2.75, 3.05) is 155 Å². The van der Waals surface area contributed by atoms with Gasteiger partial charge < -0.3 is 29.1 Å². The Bertz CT molecular complexity index is 2510. The van der Waals surface area contributed by atoms with Crippen molar-refractivity contribution in [2.24, 2.45) is 0 Å². The topological polar surface area (TPSA) is 113 Å². The first-order valence-electron chi connectivity index (χ1n) is 24.7. The summed E-state index contributed by atoms with van der Waals surface area (Å²) in [6.45, 7) is 15.3.